The van der Waals surface area contributed by atoms with E-state index in [1.807, 2.05) is 0 Å². The molecule has 0 bridgehead atoms. The Morgan fingerprint density at radius 1 is 0.680 bits per heavy atom. The molecule has 0 aliphatic carbocycles. The van der Waals surface area contributed by atoms with Crippen LogP contribution in [0, 0.1) is 0 Å². The van der Waals surface area contributed by atoms with Crippen LogP contribution in [0.25, 0.3) is 10.8 Å². The average Bonchev–Trinajstić information content (AvgIpc) is 2.32. The Bertz CT molecular complexity index is 1140. The van der Waals surface area contributed by atoms with Crippen LogP contribution in [0.15, 0.2) is 39.0 Å². The molecule has 2 N–H and O–H groups in total. The molecule has 0 fully saturated rings. The molecule has 0 amide bonds. The zero-order valence-corrected chi connectivity index (χ0v) is 19.2. The molecular formula is C10H6NNa2O9S3-. The van der Waals surface area contributed by atoms with Crippen molar-refractivity contribution in [3.05, 3.63) is 24.3 Å². The minimum atomic E-state index is -5.21. The van der Waals surface area contributed by atoms with E-state index >= 15 is 0 Å². The summed E-state index contributed by atoms with van der Waals surface area (Å²) in [6.07, 6.45) is 0. The maximum Gasteiger partial charge on any atom is 1.00 e. The second-order valence-corrected chi connectivity index (χ2v) is 8.47. The molecule has 0 aromatic heterocycles. The number of nitrogens with two attached hydrogens (primary N) is 1. The third kappa shape index (κ3) is 5.60. The Kier molecular flexibility index (Phi) is 8.15. The van der Waals surface area contributed by atoms with Crippen LogP contribution in [0.5, 0.6) is 0 Å². The average molecular weight is 426 g/mol. The normalized spacial score (nSPS) is 12.3. The van der Waals surface area contributed by atoms with Crippen LogP contribution >= 0.6 is 0 Å². The molecule has 0 spiro atoms. The topological polar surface area (TPSA) is 198 Å². The number of hydrogen-bond donors (Lipinski definition) is 1. The van der Waals surface area contributed by atoms with Crippen LogP contribution in [-0.2, 0) is 30.4 Å². The van der Waals surface area contributed by atoms with Gasteiger partial charge in [0.15, 0.2) is 0 Å². The first-order chi connectivity index (χ1) is 10.2. The zero-order chi connectivity index (χ0) is 17.8. The summed E-state index contributed by atoms with van der Waals surface area (Å²) in [4.78, 5) is -3.09. The van der Waals surface area contributed by atoms with Crippen LogP contribution in [-0.4, -0.2) is 38.9 Å². The van der Waals surface area contributed by atoms with E-state index in [2.05, 4.69) is 0 Å². The molecule has 2 aromatic carbocycles. The number of anilines is 1. The van der Waals surface area contributed by atoms with Crippen LogP contribution in [0.1, 0.15) is 0 Å². The molecular weight excluding hydrogens is 420 g/mol. The maximum absolute atomic E-state index is 11.2. The summed E-state index contributed by atoms with van der Waals surface area (Å²) in [5.74, 6) is 0. The fourth-order valence-corrected chi connectivity index (χ4v) is 3.86. The van der Waals surface area contributed by atoms with Crippen molar-refractivity contribution in [2.24, 2.45) is 0 Å². The molecule has 0 aliphatic heterocycles. The Balaban J connectivity index is 0.00000288. The third-order valence-electron chi connectivity index (χ3n) is 2.85. The van der Waals surface area contributed by atoms with E-state index in [1.54, 1.807) is 0 Å². The van der Waals surface area contributed by atoms with Crippen molar-refractivity contribution >= 4 is 46.8 Å². The number of rotatable bonds is 3. The van der Waals surface area contributed by atoms with Gasteiger partial charge in [0.05, 0.1) is 14.7 Å². The number of benzene rings is 2. The van der Waals surface area contributed by atoms with Gasteiger partial charge in [-0.2, -0.15) is 0 Å². The van der Waals surface area contributed by atoms with Crippen LogP contribution in [0.3, 0.4) is 0 Å². The van der Waals surface area contributed by atoms with Crippen molar-refractivity contribution in [2.45, 2.75) is 14.7 Å². The molecule has 25 heavy (non-hydrogen) atoms. The molecule has 0 aliphatic rings. The molecule has 0 saturated carbocycles. The van der Waals surface area contributed by atoms with Gasteiger partial charge in [0.2, 0.25) is 0 Å². The van der Waals surface area contributed by atoms with Gasteiger partial charge in [-0.3, -0.25) is 0 Å². The molecule has 2 rings (SSSR count). The van der Waals surface area contributed by atoms with Gasteiger partial charge in [-0.05, 0) is 29.7 Å². The quantitative estimate of drug-likeness (QED) is 0.279. The number of nitrogen functional groups attached to an aromatic ring is 1. The van der Waals surface area contributed by atoms with Crippen molar-refractivity contribution in [3.8, 4) is 0 Å². The van der Waals surface area contributed by atoms with E-state index in [9.17, 15) is 38.9 Å². The Labute approximate surface area is 187 Å². The van der Waals surface area contributed by atoms with Gasteiger partial charge in [-0.15, -0.1) is 0 Å². The first-order valence-corrected chi connectivity index (χ1v) is 9.69. The third-order valence-corrected chi connectivity index (χ3v) is 5.43. The molecule has 0 radical (unpaired) electrons. The van der Waals surface area contributed by atoms with E-state index in [4.69, 9.17) is 5.73 Å². The van der Waals surface area contributed by atoms with Crippen molar-refractivity contribution in [1.29, 1.82) is 0 Å². The standard InChI is InChI=1S/C10H9NO9S3.2Na/c11-8-4-7-5(2-10(8)23(18,19)20)1-6(21(12,13)14)3-9(7)22(15,16)17;;/h1-4H,11H2,(H,12,13,14)(H,15,16,17)(H,18,19,20);;/q;2*+1/p-3. The van der Waals surface area contributed by atoms with Crippen LogP contribution < -0.4 is 64.8 Å². The fraction of sp³-hybridized carbons (Fsp3) is 0. The van der Waals surface area contributed by atoms with Gasteiger partial charge < -0.3 is 19.4 Å². The van der Waals surface area contributed by atoms with Gasteiger partial charge >= 0.3 is 59.1 Å². The summed E-state index contributed by atoms with van der Waals surface area (Å²) in [5.41, 5.74) is 4.72. The SMILES string of the molecule is Nc1cc2c(S(=O)(=O)[O-])cc(S(=O)(=O)[O-])cc2cc1S(=O)(=O)[O-].[Na+].[Na+]. The van der Waals surface area contributed by atoms with E-state index in [0.29, 0.717) is 18.2 Å². The van der Waals surface area contributed by atoms with Gasteiger partial charge in [0.1, 0.15) is 30.4 Å². The summed E-state index contributed by atoms with van der Waals surface area (Å²) in [7, 11) is -15.4. The second kappa shape index (κ2) is 8.08. The molecule has 15 heteroatoms. The van der Waals surface area contributed by atoms with E-state index in [1.165, 1.54) is 0 Å². The summed E-state index contributed by atoms with van der Waals surface area (Å²) >= 11 is 0. The molecule has 126 valence electrons. The van der Waals surface area contributed by atoms with E-state index < -0.39 is 61.5 Å². The second-order valence-electron chi connectivity index (χ2n) is 4.39. The molecule has 10 nitrogen and oxygen atoms in total. The van der Waals surface area contributed by atoms with Crippen molar-refractivity contribution < 1.29 is 98.0 Å². The van der Waals surface area contributed by atoms with E-state index in [0.717, 1.165) is 6.07 Å². The van der Waals surface area contributed by atoms with Gasteiger partial charge in [0, 0.05) is 11.1 Å². The first-order valence-electron chi connectivity index (χ1n) is 5.46. The number of hydrogen-bond acceptors (Lipinski definition) is 10. The van der Waals surface area contributed by atoms with Crippen molar-refractivity contribution in [2.75, 3.05) is 5.73 Å². The van der Waals surface area contributed by atoms with E-state index in [-0.39, 0.29) is 59.1 Å². The van der Waals surface area contributed by atoms with Gasteiger partial charge in [-0.25, -0.2) is 25.3 Å². The summed E-state index contributed by atoms with van der Waals surface area (Å²) in [5, 5.41) is -0.850. The Morgan fingerprint density at radius 3 is 1.56 bits per heavy atom. The fourth-order valence-electron chi connectivity index (χ4n) is 1.91. The van der Waals surface area contributed by atoms with Gasteiger partial charge in [-0.1, -0.05) is 0 Å². The van der Waals surface area contributed by atoms with Crippen LogP contribution in [0.2, 0.25) is 0 Å². The minimum Gasteiger partial charge on any atom is -0.744 e. The predicted molar refractivity (Wildman–Crippen MR) is 72.3 cm³/mol. The van der Waals surface area contributed by atoms with Gasteiger partial charge in [0.25, 0.3) is 0 Å². The summed E-state index contributed by atoms with van der Waals surface area (Å²) in [6.45, 7) is 0. The smallest absolute Gasteiger partial charge is 0.744 e. The van der Waals surface area contributed by atoms with Crippen LogP contribution in [0.4, 0.5) is 5.69 Å². The van der Waals surface area contributed by atoms with Crippen molar-refractivity contribution in [1.82, 2.24) is 0 Å². The number of fused-ring (bicyclic) bond motifs is 1. The first kappa shape index (κ1) is 25.2. The summed E-state index contributed by atoms with van der Waals surface area (Å²) in [6, 6.07) is 2.31. The van der Waals surface area contributed by atoms with Crippen molar-refractivity contribution in [3.63, 3.8) is 0 Å². The molecule has 0 atom stereocenters. The minimum absolute atomic E-state index is 0. The molecule has 0 heterocycles. The molecule has 0 unspecified atom stereocenters. The zero-order valence-electron chi connectivity index (χ0n) is 12.8. The maximum atomic E-state index is 11.2. The monoisotopic (exact) mass is 426 g/mol. The Hall–Kier alpha value is 0.230. The largest absolute Gasteiger partial charge is 1.00 e. The molecule has 2 aromatic rings. The summed E-state index contributed by atoms with van der Waals surface area (Å²) < 4.78 is 100. The predicted octanol–water partition coefficient (Wildman–Crippen LogP) is -6.86. The molecule has 0 saturated heterocycles. The Morgan fingerprint density at radius 2 is 1.16 bits per heavy atom.